The van der Waals surface area contributed by atoms with Gasteiger partial charge in [-0.2, -0.15) is 5.26 Å². The summed E-state index contributed by atoms with van der Waals surface area (Å²) in [7, 11) is 1.47. The van der Waals surface area contributed by atoms with Gasteiger partial charge in [-0.3, -0.25) is 4.79 Å². The van der Waals surface area contributed by atoms with Gasteiger partial charge in [-0.25, -0.2) is 0 Å². The quantitative estimate of drug-likeness (QED) is 0.848. The standard InChI is InChI=1S/C14H15NO4/c1-19-13-6-12(16)9(7-15)4-11(13)10(5-14(17)18)8-2-3-8/h4,6,8,10,16H,2-3,5H2,1H3,(H,17,18). The third kappa shape index (κ3) is 2.79. The van der Waals surface area contributed by atoms with E-state index in [0.29, 0.717) is 17.2 Å². The minimum absolute atomic E-state index is 0.0106. The molecular weight excluding hydrogens is 246 g/mol. The van der Waals surface area contributed by atoms with Crippen LogP contribution in [0.1, 0.15) is 36.3 Å². The second-order valence-electron chi connectivity index (χ2n) is 4.76. The number of nitriles is 1. The molecule has 1 saturated carbocycles. The van der Waals surface area contributed by atoms with Crippen LogP contribution in [0.25, 0.3) is 0 Å². The van der Waals surface area contributed by atoms with E-state index < -0.39 is 5.97 Å². The van der Waals surface area contributed by atoms with Crippen molar-refractivity contribution in [1.82, 2.24) is 0 Å². The zero-order chi connectivity index (χ0) is 14.0. The molecule has 100 valence electrons. The first kappa shape index (κ1) is 13.2. The predicted octanol–water partition coefficient (Wildman–Crippen LogP) is 2.24. The van der Waals surface area contributed by atoms with E-state index in [0.717, 1.165) is 12.8 Å². The Bertz CT molecular complexity index is 543. The van der Waals surface area contributed by atoms with Gasteiger partial charge in [0.15, 0.2) is 0 Å². The smallest absolute Gasteiger partial charge is 0.303 e. The first-order chi connectivity index (χ1) is 9.06. The molecule has 1 aromatic rings. The molecule has 0 saturated heterocycles. The molecule has 0 aliphatic heterocycles. The highest BCUT2D eigenvalue weighted by atomic mass is 16.5. The van der Waals surface area contributed by atoms with Gasteiger partial charge in [-0.05, 0) is 30.4 Å². The molecule has 1 aliphatic rings. The Morgan fingerprint density at radius 2 is 2.26 bits per heavy atom. The van der Waals surface area contributed by atoms with Crippen molar-refractivity contribution < 1.29 is 19.7 Å². The first-order valence-electron chi connectivity index (χ1n) is 6.09. The van der Waals surface area contributed by atoms with Gasteiger partial charge < -0.3 is 14.9 Å². The predicted molar refractivity (Wildman–Crippen MR) is 67.1 cm³/mol. The van der Waals surface area contributed by atoms with Gasteiger partial charge in [0.25, 0.3) is 0 Å². The maximum atomic E-state index is 11.0. The zero-order valence-corrected chi connectivity index (χ0v) is 10.6. The fourth-order valence-electron chi connectivity index (χ4n) is 2.36. The fraction of sp³-hybridized carbons (Fsp3) is 0.429. The van der Waals surface area contributed by atoms with Gasteiger partial charge >= 0.3 is 5.97 Å². The van der Waals surface area contributed by atoms with E-state index in [-0.39, 0.29) is 23.7 Å². The van der Waals surface area contributed by atoms with Crippen LogP contribution in [0, 0.1) is 17.2 Å². The number of benzene rings is 1. The second-order valence-corrected chi connectivity index (χ2v) is 4.76. The Hall–Kier alpha value is -2.22. The SMILES string of the molecule is COc1cc(O)c(C#N)cc1C(CC(=O)O)C1CC1. The summed E-state index contributed by atoms with van der Waals surface area (Å²) in [5, 5.41) is 27.6. The van der Waals surface area contributed by atoms with Crippen LogP contribution in [-0.2, 0) is 4.79 Å². The number of phenols is 1. The Kier molecular flexibility index (Phi) is 3.61. The Morgan fingerprint density at radius 3 is 2.74 bits per heavy atom. The normalized spacial score (nSPS) is 15.6. The Morgan fingerprint density at radius 1 is 1.58 bits per heavy atom. The number of methoxy groups -OCH3 is 1. The van der Waals surface area contributed by atoms with Gasteiger partial charge in [-0.1, -0.05) is 0 Å². The van der Waals surface area contributed by atoms with Crippen LogP contribution in [0.5, 0.6) is 11.5 Å². The van der Waals surface area contributed by atoms with E-state index >= 15 is 0 Å². The van der Waals surface area contributed by atoms with Gasteiger partial charge in [0.2, 0.25) is 0 Å². The number of aliphatic carboxylic acids is 1. The summed E-state index contributed by atoms with van der Waals surface area (Å²) < 4.78 is 5.20. The highest BCUT2D eigenvalue weighted by Gasteiger charge is 2.35. The number of phenolic OH excluding ortho intramolecular Hbond substituents is 1. The van der Waals surface area contributed by atoms with Gasteiger partial charge in [0, 0.05) is 12.0 Å². The van der Waals surface area contributed by atoms with Crippen molar-refractivity contribution in [1.29, 1.82) is 5.26 Å². The van der Waals surface area contributed by atoms with E-state index in [1.807, 2.05) is 6.07 Å². The van der Waals surface area contributed by atoms with Crippen LogP contribution in [-0.4, -0.2) is 23.3 Å². The summed E-state index contributed by atoms with van der Waals surface area (Å²) in [6, 6.07) is 4.82. The number of rotatable bonds is 5. The number of ether oxygens (including phenoxy) is 1. The molecular formula is C14H15NO4. The average molecular weight is 261 g/mol. The molecule has 0 bridgehead atoms. The van der Waals surface area contributed by atoms with E-state index in [1.165, 1.54) is 13.2 Å². The summed E-state index contributed by atoms with van der Waals surface area (Å²) in [4.78, 5) is 11.0. The summed E-state index contributed by atoms with van der Waals surface area (Å²) >= 11 is 0. The zero-order valence-electron chi connectivity index (χ0n) is 10.6. The number of carbonyl (C=O) groups is 1. The van der Waals surface area contributed by atoms with Crippen LogP contribution in [0.3, 0.4) is 0 Å². The van der Waals surface area contributed by atoms with Crippen LogP contribution < -0.4 is 4.74 Å². The van der Waals surface area contributed by atoms with E-state index in [1.54, 1.807) is 6.07 Å². The average Bonchev–Trinajstić information content (AvgIpc) is 3.19. The van der Waals surface area contributed by atoms with E-state index in [2.05, 4.69) is 0 Å². The lowest BCUT2D eigenvalue weighted by Gasteiger charge is -2.18. The molecule has 0 amide bonds. The second kappa shape index (κ2) is 5.19. The molecule has 2 rings (SSSR count). The number of aromatic hydroxyl groups is 1. The highest BCUT2D eigenvalue weighted by Crippen LogP contribution is 2.48. The van der Waals surface area contributed by atoms with E-state index in [9.17, 15) is 9.90 Å². The molecule has 5 heteroatoms. The number of nitrogens with zero attached hydrogens (tertiary/aromatic N) is 1. The molecule has 1 aliphatic carbocycles. The van der Waals surface area contributed by atoms with Crippen LogP contribution in [0.4, 0.5) is 0 Å². The molecule has 1 atom stereocenters. The van der Waals surface area contributed by atoms with Crippen molar-refractivity contribution in [2.24, 2.45) is 5.92 Å². The number of carboxylic acids is 1. The van der Waals surface area contributed by atoms with Gasteiger partial charge in [0.05, 0.1) is 19.1 Å². The number of hydrogen-bond donors (Lipinski definition) is 2. The summed E-state index contributed by atoms with van der Waals surface area (Å²) in [5.41, 5.74) is 0.841. The molecule has 5 nitrogen and oxygen atoms in total. The van der Waals surface area contributed by atoms with E-state index in [4.69, 9.17) is 15.1 Å². The highest BCUT2D eigenvalue weighted by molar-refractivity contribution is 5.69. The molecule has 2 N–H and O–H groups in total. The lowest BCUT2D eigenvalue weighted by atomic mass is 9.89. The third-order valence-electron chi connectivity index (χ3n) is 3.45. The summed E-state index contributed by atoms with van der Waals surface area (Å²) in [6.45, 7) is 0. The van der Waals surface area contributed by atoms with Crippen molar-refractivity contribution in [2.45, 2.75) is 25.2 Å². The molecule has 1 unspecified atom stereocenters. The summed E-state index contributed by atoms with van der Waals surface area (Å²) in [5.74, 6) is -0.422. The molecule has 0 heterocycles. The van der Waals surface area contributed by atoms with Gasteiger partial charge in [0.1, 0.15) is 17.6 Å². The van der Waals surface area contributed by atoms with Crippen molar-refractivity contribution in [3.63, 3.8) is 0 Å². The number of hydrogen-bond acceptors (Lipinski definition) is 4. The molecule has 19 heavy (non-hydrogen) atoms. The first-order valence-corrected chi connectivity index (χ1v) is 6.09. The van der Waals surface area contributed by atoms with Gasteiger partial charge in [-0.15, -0.1) is 0 Å². The largest absolute Gasteiger partial charge is 0.506 e. The van der Waals surface area contributed by atoms with Crippen LogP contribution in [0.2, 0.25) is 0 Å². The minimum atomic E-state index is -0.870. The third-order valence-corrected chi connectivity index (χ3v) is 3.45. The minimum Gasteiger partial charge on any atom is -0.506 e. The fourth-order valence-corrected chi connectivity index (χ4v) is 2.36. The van der Waals surface area contributed by atoms with Crippen LogP contribution in [0.15, 0.2) is 12.1 Å². The maximum absolute atomic E-state index is 11.0. The van der Waals surface area contributed by atoms with Crippen molar-refractivity contribution >= 4 is 5.97 Å². The van der Waals surface area contributed by atoms with Crippen molar-refractivity contribution in [2.75, 3.05) is 7.11 Å². The van der Waals surface area contributed by atoms with Crippen molar-refractivity contribution in [3.8, 4) is 17.6 Å². The topological polar surface area (TPSA) is 90.5 Å². The number of carboxylic acid groups (broad SMARTS) is 1. The Balaban J connectivity index is 2.45. The molecule has 1 aromatic carbocycles. The lowest BCUT2D eigenvalue weighted by molar-refractivity contribution is -0.137. The maximum Gasteiger partial charge on any atom is 0.303 e. The molecule has 0 spiro atoms. The van der Waals surface area contributed by atoms with Crippen molar-refractivity contribution in [3.05, 3.63) is 23.3 Å². The van der Waals surface area contributed by atoms with Crippen LogP contribution >= 0.6 is 0 Å². The molecule has 0 radical (unpaired) electrons. The summed E-state index contributed by atoms with van der Waals surface area (Å²) in [6.07, 6.45) is 1.99. The monoisotopic (exact) mass is 261 g/mol. The molecule has 1 fully saturated rings. The Labute approximate surface area is 111 Å². The molecule has 0 aromatic heterocycles. The lowest BCUT2D eigenvalue weighted by Crippen LogP contribution is -2.10.